The highest BCUT2D eigenvalue weighted by molar-refractivity contribution is 5.95. The molecule has 1 saturated heterocycles. The molecular formula is C29H47N3O5. The van der Waals surface area contributed by atoms with Gasteiger partial charge in [-0.05, 0) is 37.2 Å². The molecule has 1 unspecified atom stereocenters. The monoisotopic (exact) mass is 517 g/mol. The van der Waals surface area contributed by atoms with Gasteiger partial charge in [0.25, 0.3) is 0 Å². The highest BCUT2D eigenvalue weighted by atomic mass is 16.6. The maximum atomic E-state index is 13.7. The number of ketones is 1. The van der Waals surface area contributed by atoms with E-state index in [0.717, 1.165) is 12.0 Å². The molecule has 208 valence electrons. The van der Waals surface area contributed by atoms with Crippen molar-refractivity contribution in [3.05, 3.63) is 35.9 Å². The van der Waals surface area contributed by atoms with Crippen molar-refractivity contribution in [1.29, 1.82) is 0 Å². The molecule has 2 N–H and O–H groups in total. The molecule has 2 amide bonds. The Bertz CT molecular complexity index is 883. The van der Waals surface area contributed by atoms with Crippen molar-refractivity contribution in [3.63, 3.8) is 0 Å². The molecular weight excluding hydrogens is 470 g/mol. The van der Waals surface area contributed by atoms with Gasteiger partial charge in [0.15, 0.2) is 5.78 Å². The van der Waals surface area contributed by atoms with Gasteiger partial charge in [0.05, 0.1) is 18.7 Å². The fraction of sp³-hybridized carbons (Fsp3) is 0.690. The Balaban J connectivity index is 2.12. The minimum absolute atomic E-state index is 0.0251. The van der Waals surface area contributed by atoms with Crippen molar-refractivity contribution >= 4 is 17.6 Å². The van der Waals surface area contributed by atoms with Crippen LogP contribution >= 0.6 is 0 Å². The largest absolute Gasteiger partial charge is 0.356 e. The summed E-state index contributed by atoms with van der Waals surface area (Å²) in [6, 6.07) is 7.64. The summed E-state index contributed by atoms with van der Waals surface area (Å²) in [5, 5.41) is 13.3. The van der Waals surface area contributed by atoms with E-state index in [-0.39, 0.29) is 30.1 Å². The summed E-state index contributed by atoms with van der Waals surface area (Å²) in [6.45, 7) is 12.3. The number of amides is 2. The molecule has 1 aliphatic rings. The first-order valence-electron chi connectivity index (χ1n) is 13.6. The lowest BCUT2D eigenvalue weighted by atomic mass is 9.83. The number of carbonyl (C=O) groups excluding carboxylic acids is 3. The second-order valence-corrected chi connectivity index (χ2v) is 11.6. The lowest BCUT2D eigenvalue weighted by molar-refractivity contribution is -0.155. The number of hydrogen-bond donors (Lipinski definition) is 2. The maximum absolute atomic E-state index is 13.7. The van der Waals surface area contributed by atoms with Gasteiger partial charge in [0, 0.05) is 19.0 Å². The molecule has 0 saturated carbocycles. The molecule has 1 heterocycles. The lowest BCUT2D eigenvalue weighted by Crippen LogP contribution is -2.57. The fourth-order valence-electron chi connectivity index (χ4n) is 4.80. The molecule has 1 fully saturated rings. The first-order valence-corrected chi connectivity index (χ1v) is 13.6. The Kier molecular flexibility index (Phi) is 11.7. The van der Waals surface area contributed by atoms with Gasteiger partial charge in [0.2, 0.25) is 18.2 Å². The Labute approximate surface area is 222 Å². The first-order chi connectivity index (χ1) is 17.4. The van der Waals surface area contributed by atoms with Crippen LogP contribution in [-0.4, -0.2) is 70.6 Å². The Morgan fingerprint density at radius 1 is 1.19 bits per heavy atom. The van der Waals surface area contributed by atoms with Crippen molar-refractivity contribution in [2.45, 2.75) is 105 Å². The van der Waals surface area contributed by atoms with E-state index < -0.39 is 30.0 Å². The second kappa shape index (κ2) is 14.0. The summed E-state index contributed by atoms with van der Waals surface area (Å²) in [7, 11) is 1.68. The number of aliphatic hydroxyl groups is 1. The molecule has 0 aliphatic carbocycles. The van der Waals surface area contributed by atoms with E-state index in [0.29, 0.717) is 32.2 Å². The number of carbonyl (C=O) groups is 3. The number of nitrogens with one attached hydrogen (secondary N) is 1. The molecule has 37 heavy (non-hydrogen) atoms. The van der Waals surface area contributed by atoms with Crippen LogP contribution in [0.5, 0.6) is 0 Å². The summed E-state index contributed by atoms with van der Waals surface area (Å²) in [4.78, 5) is 43.6. The van der Waals surface area contributed by atoms with Crippen LogP contribution in [0.2, 0.25) is 0 Å². The predicted molar refractivity (Wildman–Crippen MR) is 144 cm³/mol. The number of ether oxygens (including phenoxy) is 1. The second-order valence-electron chi connectivity index (χ2n) is 11.6. The summed E-state index contributed by atoms with van der Waals surface area (Å²) < 4.78 is 5.52. The van der Waals surface area contributed by atoms with Crippen LogP contribution in [-0.2, 0) is 25.7 Å². The minimum Gasteiger partial charge on any atom is -0.356 e. The zero-order valence-electron chi connectivity index (χ0n) is 23.7. The van der Waals surface area contributed by atoms with E-state index in [9.17, 15) is 19.5 Å². The molecule has 0 aromatic heterocycles. The van der Waals surface area contributed by atoms with E-state index in [2.05, 4.69) is 5.32 Å². The van der Waals surface area contributed by atoms with Crippen LogP contribution in [0.25, 0.3) is 0 Å². The minimum atomic E-state index is -1.32. The Morgan fingerprint density at radius 3 is 2.41 bits per heavy atom. The van der Waals surface area contributed by atoms with Crippen LogP contribution in [0, 0.1) is 11.3 Å². The summed E-state index contributed by atoms with van der Waals surface area (Å²) in [6.07, 6.45) is 1.74. The molecule has 8 nitrogen and oxygen atoms in total. The number of benzene rings is 1. The number of nitrogens with zero attached hydrogens (tertiary/aromatic N) is 2. The van der Waals surface area contributed by atoms with Gasteiger partial charge < -0.3 is 19.6 Å². The highest BCUT2D eigenvalue weighted by Gasteiger charge is 2.42. The summed E-state index contributed by atoms with van der Waals surface area (Å²) in [5.74, 6) is -0.165. The summed E-state index contributed by atoms with van der Waals surface area (Å²) in [5.41, 5.74) is 0.335. The highest BCUT2D eigenvalue weighted by Crippen LogP contribution is 2.27. The molecule has 0 spiro atoms. The quantitative estimate of drug-likeness (QED) is 0.387. The van der Waals surface area contributed by atoms with Crippen molar-refractivity contribution < 1.29 is 24.2 Å². The van der Waals surface area contributed by atoms with E-state index in [1.807, 2.05) is 71.9 Å². The first kappa shape index (κ1) is 30.9. The SMILES string of the molecule is CCC[C@H](NC(O)OCc1ccccc1)C(=O)N1CCC[C@H]1C(=O)N(C)[C@H](CC(C)C)C(=O)C(C)(C)C. The zero-order valence-corrected chi connectivity index (χ0v) is 23.7. The van der Waals surface area contributed by atoms with Gasteiger partial charge in [-0.25, -0.2) is 0 Å². The van der Waals surface area contributed by atoms with Crippen LogP contribution in [0.4, 0.5) is 0 Å². The van der Waals surface area contributed by atoms with Gasteiger partial charge >= 0.3 is 0 Å². The topological polar surface area (TPSA) is 99.2 Å². The zero-order chi connectivity index (χ0) is 27.8. The van der Waals surface area contributed by atoms with Crippen molar-refractivity contribution in [2.75, 3.05) is 13.6 Å². The average molecular weight is 518 g/mol. The average Bonchev–Trinajstić information content (AvgIpc) is 3.34. The third kappa shape index (κ3) is 8.90. The number of aliphatic hydroxyl groups excluding tert-OH is 1. The standard InChI is InChI=1S/C29H47N3O5/c1-8-13-22(30-28(36)37-19-21-14-10-9-11-15-21)26(34)32-17-12-16-23(32)27(35)31(7)24(18-20(2)3)25(33)29(4,5)6/h9-11,14-15,20,22-24,28,30,36H,8,12-13,16-19H2,1-7H3/t22-,23-,24+,28?/m0/s1. The van der Waals surface area contributed by atoms with Crippen LogP contribution in [0.1, 0.15) is 79.2 Å². The molecule has 8 heteroatoms. The molecule has 4 atom stereocenters. The van der Waals surface area contributed by atoms with E-state index in [1.54, 1.807) is 16.8 Å². The van der Waals surface area contributed by atoms with E-state index in [4.69, 9.17) is 4.74 Å². The Morgan fingerprint density at radius 2 is 1.84 bits per heavy atom. The van der Waals surface area contributed by atoms with Gasteiger partial charge in [-0.15, -0.1) is 0 Å². The lowest BCUT2D eigenvalue weighted by Gasteiger charge is -2.37. The normalized spacial score (nSPS) is 18.5. The number of likely N-dealkylation sites (tertiary alicyclic amines) is 1. The molecule has 0 bridgehead atoms. The maximum Gasteiger partial charge on any atom is 0.245 e. The molecule has 1 aliphatic heterocycles. The van der Waals surface area contributed by atoms with E-state index >= 15 is 0 Å². The Hall–Kier alpha value is -2.29. The molecule has 1 aromatic rings. The van der Waals surface area contributed by atoms with Gasteiger partial charge in [-0.2, -0.15) is 0 Å². The fourth-order valence-corrected chi connectivity index (χ4v) is 4.80. The molecule has 0 radical (unpaired) electrons. The van der Waals surface area contributed by atoms with Crippen molar-refractivity contribution in [1.82, 2.24) is 15.1 Å². The summed E-state index contributed by atoms with van der Waals surface area (Å²) >= 11 is 0. The smallest absolute Gasteiger partial charge is 0.245 e. The van der Waals surface area contributed by atoms with Gasteiger partial charge in [-0.3, -0.25) is 19.7 Å². The molecule has 1 aromatic carbocycles. The number of rotatable bonds is 13. The predicted octanol–water partition coefficient (Wildman–Crippen LogP) is 3.72. The number of hydrogen-bond acceptors (Lipinski definition) is 6. The number of Topliss-reactive ketones (excluding diaryl/α,β-unsaturated/α-hetero) is 1. The van der Waals surface area contributed by atoms with Crippen molar-refractivity contribution in [2.24, 2.45) is 11.3 Å². The third-order valence-corrected chi connectivity index (χ3v) is 6.84. The van der Waals surface area contributed by atoms with Gasteiger partial charge in [0.1, 0.15) is 6.04 Å². The van der Waals surface area contributed by atoms with Crippen LogP contribution < -0.4 is 5.32 Å². The van der Waals surface area contributed by atoms with E-state index in [1.165, 1.54) is 0 Å². The molecule has 2 rings (SSSR count). The number of likely N-dealkylation sites (N-methyl/N-ethyl adjacent to an activating group) is 1. The van der Waals surface area contributed by atoms with Gasteiger partial charge in [-0.1, -0.05) is 78.3 Å². The third-order valence-electron chi connectivity index (χ3n) is 6.84. The van der Waals surface area contributed by atoms with Crippen LogP contribution in [0.3, 0.4) is 0 Å². The van der Waals surface area contributed by atoms with Crippen molar-refractivity contribution in [3.8, 4) is 0 Å². The van der Waals surface area contributed by atoms with Crippen LogP contribution in [0.15, 0.2) is 30.3 Å².